The Hall–Kier alpha value is -2.74. The molecule has 1 heterocycles. The summed E-state index contributed by atoms with van der Waals surface area (Å²) >= 11 is 0. The average molecular weight is 466 g/mol. The van der Waals surface area contributed by atoms with E-state index in [0.717, 1.165) is 17.7 Å². The lowest BCUT2D eigenvalue weighted by molar-refractivity contribution is -0.137. The van der Waals surface area contributed by atoms with Crippen LogP contribution in [0.5, 0.6) is 5.75 Å². The number of ether oxygens (including phenoxy) is 2. The number of nitrogens with zero attached hydrogens (tertiary/aromatic N) is 1. The van der Waals surface area contributed by atoms with E-state index in [0.29, 0.717) is 25.0 Å². The molecular weight excluding hydrogens is 435 g/mol. The summed E-state index contributed by atoms with van der Waals surface area (Å²) in [6.07, 6.45) is -4.59. The molecule has 0 radical (unpaired) electrons. The molecule has 3 atom stereocenters. The van der Waals surface area contributed by atoms with Gasteiger partial charge in [-0.3, -0.25) is 0 Å². The van der Waals surface area contributed by atoms with Gasteiger partial charge in [0.2, 0.25) is 0 Å². The minimum Gasteiger partial charge on any atom is -0.486 e. The highest BCUT2D eigenvalue weighted by molar-refractivity contribution is 5.68. The Morgan fingerprint density at radius 3 is 2.27 bits per heavy atom. The minimum atomic E-state index is -4.42. The Morgan fingerprint density at radius 1 is 1.06 bits per heavy atom. The van der Waals surface area contributed by atoms with Crippen LogP contribution < -0.4 is 4.74 Å². The zero-order valence-corrected chi connectivity index (χ0v) is 19.0. The number of aliphatic hydroxyl groups is 1. The molecule has 33 heavy (non-hydrogen) atoms. The first-order valence-electron chi connectivity index (χ1n) is 11.0. The van der Waals surface area contributed by atoms with Crippen molar-refractivity contribution in [1.29, 1.82) is 0 Å². The summed E-state index contributed by atoms with van der Waals surface area (Å²) in [6, 6.07) is 13.6. The third kappa shape index (κ3) is 7.12. The molecule has 5 nitrogen and oxygen atoms in total. The molecule has 180 valence electrons. The number of β-amino-alcohol motifs (C(OH)–C–C–N with tert-alkyl or cyclic N) is 1. The number of hydrogen-bond donors (Lipinski definition) is 1. The molecule has 0 aromatic heterocycles. The molecule has 0 unspecified atom stereocenters. The van der Waals surface area contributed by atoms with Gasteiger partial charge in [0, 0.05) is 12.5 Å². The van der Waals surface area contributed by atoms with Crippen molar-refractivity contribution < 1.29 is 32.5 Å². The number of carbonyl (C=O) groups is 1. The molecule has 1 aliphatic heterocycles. The number of likely N-dealkylation sites (tertiary alicyclic amines) is 1. The average Bonchev–Trinajstić information content (AvgIpc) is 2.73. The quantitative estimate of drug-likeness (QED) is 0.591. The molecule has 0 spiro atoms. The maximum absolute atomic E-state index is 12.9. The van der Waals surface area contributed by atoms with Gasteiger partial charge in [0.15, 0.2) is 0 Å². The molecule has 2 aromatic carbocycles. The highest BCUT2D eigenvalue weighted by Gasteiger charge is 2.36. The van der Waals surface area contributed by atoms with Gasteiger partial charge in [-0.25, -0.2) is 4.79 Å². The first-order valence-corrected chi connectivity index (χ1v) is 11.0. The van der Waals surface area contributed by atoms with E-state index in [2.05, 4.69) is 0 Å². The molecule has 1 fully saturated rings. The second kappa shape index (κ2) is 10.0. The van der Waals surface area contributed by atoms with Gasteiger partial charge in [-0.1, -0.05) is 30.3 Å². The molecule has 1 saturated heterocycles. The minimum absolute atomic E-state index is 0.154. The van der Waals surface area contributed by atoms with Crippen LogP contribution in [0.25, 0.3) is 0 Å². The monoisotopic (exact) mass is 465 g/mol. The number of halogens is 3. The molecule has 2 aromatic rings. The molecule has 0 aliphatic carbocycles. The van der Waals surface area contributed by atoms with Crippen molar-refractivity contribution >= 4 is 6.09 Å². The molecule has 0 saturated carbocycles. The number of piperidine rings is 1. The van der Waals surface area contributed by atoms with Crippen LogP contribution in [0.3, 0.4) is 0 Å². The Balaban J connectivity index is 1.82. The maximum atomic E-state index is 12.9. The maximum Gasteiger partial charge on any atom is 0.416 e. The van der Waals surface area contributed by atoms with Crippen molar-refractivity contribution in [2.75, 3.05) is 6.54 Å². The number of amides is 1. The lowest BCUT2D eigenvalue weighted by Gasteiger charge is -2.40. The van der Waals surface area contributed by atoms with E-state index in [1.807, 2.05) is 30.3 Å². The molecular formula is C25H30F3NO4. The van der Waals surface area contributed by atoms with Crippen LogP contribution in [0.15, 0.2) is 54.6 Å². The second-order valence-corrected chi connectivity index (χ2v) is 9.29. The number of rotatable bonds is 5. The molecule has 1 amide bonds. The largest absolute Gasteiger partial charge is 0.486 e. The molecule has 1 aliphatic rings. The first-order chi connectivity index (χ1) is 15.4. The van der Waals surface area contributed by atoms with E-state index < -0.39 is 35.6 Å². The smallest absolute Gasteiger partial charge is 0.416 e. The standard InChI is InChI=1S/C25H30F3NO4/c1-24(2,3)33-23(31)29-16-20(30)12-11-19(29)15-22(17-7-5-4-6-8-17)32-21-13-9-18(10-14-21)25(26,27)28/h4-10,13-14,19-20,22,30H,11-12,15-16H2,1-3H3/t19-,20-,22+/m1/s1. The van der Waals surface area contributed by atoms with Crippen LogP contribution in [0.2, 0.25) is 0 Å². The Labute approximate surface area is 192 Å². The van der Waals surface area contributed by atoms with E-state index in [4.69, 9.17) is 9.47 Å². The second-order valence-electron chi connectivity index (χ2n) is 9.29. The summed E-state index contributed by atoms with van der Waals surface area (Å²) in [5, 5.41) is 10.2. The molecule has 8 heteroatoms. The third-order valence-corrected chi connectivity index (χ3v) is 5.43. The van der Waals surface area contributed by atoms with E-state index in [1.54, 1.807) is 20.8 Å². The van der Waals surface area contributed by atoms with Crippen molar-refractivity contribution in [2.45, 2.75) is 70.1 Å². The van der Waals surface area contributed by atoms with Gasteiger partial charge in [0.05, 0.1) is 18.2 Å². The van der Waals surface area contributed by atoms with Crippen molar-refractivity contribution in [3.05, 3.63) is 65.7 Å². The highest BCUT2D eigenvalue weighted by Crippen LogP contribution is 2.34. The predicted octanol–water partition coefficient (Wildman–Crippen LogP) is 5.98. The van der Waals surface area contributed by atoms with Gasteiger partial charge in [-0.2, -0.15) is 13.2 Å². The van der Waals surface area contributed by atoms with E-state index in [1.165, 1.54) is 17.0 Å². The van der Waals surface area contributed by atoms with Crippen LogP contribution in [-0.4, -0.2) is 40.4 Å². The highest BCUT2D eigenvalue weighted by atomic mass is 19.4. The van der Waals surface area contributed by atoms with Gasteiger partial charge in [-0.05, 0) is 63.4 Å². The lowest BCUT2D eigenvalue weighted by Crippen LogP contribution is -2.51. The number of benzene rings is 2. The first kappa shape index (κ1) is 24.9. The lowest BCUT2D eigenvalue weighted by atomic mass is 9.93. The van der Waals surface area contributed by atoms with Crippen molar-refractivity contribution in [3.8, 4) is 5.75 Å². The van der Waals surface area contributed by atoms with Crippen LogP contribution >= 0.6 is 0 Å². The van der Waals surface area contributed by atoms with Crippen LogP contribution in [0.1, 0.15) is 57.3 Å². The van der Waals surface area contributed by atoms with Crippen molar-refractivity contribution in [2.24, 2.45) is 0 Å². The summed E-state index contributed by atoms with van der Waals surface area (Å²) in [5.41, 5.74) is -0.587. The van der Waals surface area contributed by atoms with E-state index >= 15 is 0 Å². The van der Waals surface area contributed by atoms with Crippen LogP contribution in [0, 0.1) is 0 Å². The van der Waals surface area contributed by atoms with E-state index in [-0.39, 0.29) is 12.6 Å². The fourth-order valence-electron chi connectivity index (χ4n) is 3.85. The molecule has 0 bridgehead atoms. The zero-order chi connectivity index (χ0) is 24.2. The van der Waals surface area contributed by atoms with Gasteiger partial charge in [0.1, 0.15) is 17.5 Å². The molecule has 3 rings (SSSR count). The summed E-state index contributed by atoms with van der Waals surface area (Å²) in [7, 11) is 0. The van der Waals surface area contributed by atoms with Gasteiger partial charge in [0.25, 0.3) is 0 Å². The van der Waals surface area contributed by atoms with Crippen molar-refractivity contribution in [1.82, 2.24) is 4.90 Å². The fourth-order valence-corrected chi connectivity index (χ4v) is 3.85. The fraction of sp³-hybridized carbons (Fsp3) is 0.480. The normalized spacial score (nSPS) is 20.3. The summed E-state index contributed by atoms with van der Waals surface area (Å²) < 4.78 is 50.4. The van der Waals surface area contributed by atoms with Crippen molar-refractivity contribution in [3.63, 3.8) is 0 Å². The number of alkyl halides is 3. The Morgan fingerprint density at radius 2 is 1.70 bits per heavy atom. The summed E-state index contributed by atoms with van der Waals surface area (Å²) in [4.78, 5) is 14.4. The molecule has 1 N–H and O–H groups in total. The predicted molar refractivity (Wildman–Crippen MR) is 118 cm³/mol. The topological polar surface area (TPSA) is 59.0 Å². The number of carbonyl (C=O) groups excluding carboxylic acids is 1. The Bertz CT molecular complexity index is 910. The third-order valence-electron chi connectivity index (χ3n) is 5.43. The number of aliphatic hydroxyl groups excluding tert-OH is 1. The SMILES string of the molecule is CC(C)(C)OC(=O)N1C[C@H](O)CC[C@@H]1C[C@H](Oc1ccc(C(F)(F)F)cc1)c1ccccc1. The zero-order valence-electron chi connectivity index (χ0n) is 19.0. The van der Waals surface area contributed by atoms with Gasteiger partial charge >= 0.3 is 12.3 Å². The summed E-state index contributed by atoms with van der Waals surface area (Å²) in [5.74, 6) is 0.302. The number of hydrogen-bond acceptors (Lipinski definition) is 4. The summed E-state index contributed by atoms with van der Waals surface area (Å²) in [6.45, 7) is 5.49. The van der Waals surface area contributed by atoms with Gasteiger partial charge < -0.3 is 19.5 Å². The van der Waals surface area contributed by atoms with Crippen LogP contribution in [-0.2, 0) is 10.9 Å². The van der Waals surface area contributed by atoms with Gasteiger partial charge in [-0.15, -0.1) is 0 Å². The Kier molecular flexibility index (Phi) is 7.57. The van der Waals surface area contributed by atoms with Crippen LogP contribution in [0.4, 0.5) is 18.0 Å². The van der Waals surface area contributed by atoms with E-state index in [9.17, 15) is 23.1 Å².